The van der Waals surface area contributed by atoms with Crippen molar-refractivity contribution in [1.82, 2.24) is 5.32 Å². The Bertz CT molecular complexity index is 661. The van der Waals surface area contributed by atoms with Gasteiger partial charge in [0.2, 0.25) is 5.91 Å². The summed E-state index contributed by atoms with van der Waals surface area (Å²) in [5.74, 6) is -0.0407. The summed E-state index contributed by atoms with van der Waals surface area (Å²) >= 11 is 0. The molecule has 1 amide bonds. The van der Waals surface area contributed by atoms with Crippen LogP contribution in [-0.4, -0.2) is 26.4 Å². The second-order valence-corrected chi connectivity index (χ2v) is 6.90. The van der Waals surface area contributed by atoms with E-state index in [1.165, 1.54) is 0 Å². The number of hydrogen-bond donors (Lipinski definition) is 4. The molecular formula is C13H18N4O3S. The Morgan fingerprint density at radius 2 is 2.05 bits per heavy atom. The Morgan fingerprint density at radius 3 is 2.67 bits per heavy atom. The lowest BCUT2D eigenvalue weighted by atomic mass is 9.88. The highest BCUT2D eigenvalue weighted by atomic mass is 32.2. The highest BCUT2D eigenvalue weighted by Crippen LogP contribution is 2.34. The number of hydrogen-bond acceptors (Lipinski definition) is 4. The molecule has 1 aromatic carbocycles. The molecule has 114 valence electrons. The maximum atomic E-state index is 12.3. The summed E-state index contributed by atoms with van der Waals surface area (Å²) in [6.45, 7) is 0. The molecule has 5 N–H and O–H groups in total. The van der Waals surface area contributed by atoms with Crippen molar-refractivity contribution in [1.29, 1.82) is 0 Å². The van der Waals surface area contributed by atoms with Gasteiger partial charge in [0.25, 0.3) is 10.2 Å². The molecule has 0 saturated carbocycles. The van der Waals surface area contributed by atoms with Gasteiger partial charge in [0.15, 0.2) is 0 Å². The Kier molecular flexibility index (Phi) is 3.60. The van der Waals surface area contributed by atoms with Gasteiger partial charge in [-0.15, -0.1) is 0 Å². The third-order valence-electron chi connectivity index (χ3n) is 4.03. The van der Waals surface area contributed by atoms with Crippen molar-refractivity contribution in [3.8, 4) is 0 Å². The zero-order chi connectivity index (χ0) is 15.0. The van der Waals surface area contributed by atoms with Crippen molar-refractivity contribution in [3.05, 3.63) is 24.3 Å². The van der Waals surface area contributed by atoms with Gasteiger partial charge < -0.3 is 10.6 Å². The lowest BCUT2D eigenvalue weighted by Crippen LogP contribution is -2.32. The van der Waals surface area contributed by atoms with Crippen LogP contribution in [0.3, 0.4) is 0 Å². The van der Waals surface area contributed by atoms with Gasteiger partial charge in [-0.3, -0.25) is 9.52 Å². The zero-order valence-corrected chi connectivity index (χ0v) is 12.2. The molecular weight excluding hydrogens is 292 g/mol. The number of rotatable bonds is 4. The fraction of sp³-hybridized carbons (Fsp3) is 0.462. The molecule has 3 rings (SSSR count). The van der Waals surface area contributed by atoms with Gasteiger partial charge >= 0.3 is 0 Å². The van der Waals surface area contributed by atoms with Crippen molar-refractivity contribution < 1.29 is 13.2 Å². The molecule has 0 aliphatic carbocycles. The van der Waals surface area contributed by atoms with E-state index in [-0.39, 0.29) is 17.9 Å². The summed E-state index contributed by atoms with van der Waals surface area (Å²) in [5.41, 5.74) is 0.873. The molecule has 2 heterocycles. The smallest absolute Gasteiger partial charge is 0.296 e. The Labute approximate surface area is 123 Å². The first-order chi connectivity index (χ1) is 9.90. The van der Waals surface area contributed by atoms with Gasteiger partial charge in [-0.25, -0.2) is 5.14 Å². The van der Waals surface area contributed by atoms with E-state index in [9.17, 15) is 13.2 Å². The molecule has 8 heteroatoms. The first-order valence-corrected chi connectivity index (χ1v) is 8.43. The molecule has 2 saturated heterocycles. The van der Waals surface area contributed by atoms with Crippen LogP contribution >= 0.6 is 0 Å². The van der Waals surface area contributed by atoms with Crippen LogP contribution in [0.1, 0.15) is 19.3 Å². The van der Waals surface area contributed by atoms with Gasteiger partial charge in [0.1, 0.15) is 0 Å². The van der Waals surface area contributed by atoms with E-state index in [2.05, 4.69) is 15.4 Å². The van der Waals surface area contributed by atoms with E-state index in [4.69, 9.17) is 5.14 Å². The standard InChI is InChI=1S/C13H18N4O3S/c14-21(19,20)17-10-3-1-2-8(6-10)16-13(18)11-7-9-4-5-12(11)15-9/h1-3,6,9,11-12,15,17H,4-5,7H2,(H,16,18)(H2,14,19,20). The first kappa shape index (κ1) is 14.3. The first-order valence-electron chi connectivity index (χ1n) is 6.88. The predicted molar refractivity (Wildman–Crippen MR) is 79.9 cm³/mol. The number of amides is 1. The van der Waals surface area contributed by atoms with Crippen molar-refractivity contribution in [2.75, 3.05) is 10.0 Å². The minimum atomic E-state index is -3.82. The normalized spacial score (nSPS) is 27.6. The van der Waals surface area contributed by atoms with Gasteiger partial charge in [-0.05, 0) is 37.5 Å². The van der Waals surface area contributed by atoms with E-state index in [0.717, 1.165) is 19.3 Å². The summed E-state index contributed by atoms with van der Waals surface area (Å²) in [6, 6.07) is 7.21. The number of nitrogens with one attached hydrogen (secondary N) is 3. The number of fused-ring (bicyclic) bond motifs is 2. The van der Waals surface area contributed by atoms with Crippen LogP contribution < -0.4 is 20.5 Å². The van der Waals surface area contributed by atoms with Crippen LogP contribution in [0.25, 0.3) is 0 Å². The van der Waals surface area contributed by atoms with E-state index in [1.54, 1.807) is 24.3 Å². The van der Waals surface area contributed by atoms with Crippen LogP contribution in [0.5, 0.6) is 0 Å². The highest BCUT2D eigenvalue weighted by Gasteiger charge is 2.42. The van der Waals surface area contributed by atoms with Gasteiger partial charge in [-0.2, -0.15) is 8.42 Å². The topological polar surface area (TPSA) is 113 Å². The molecule has 2 aliphatic heterocycles. The number of benzene rings is 1. The van der Waals surface area contributed by atoms with Gasteiger partial charge in [0, 0.05) is 17.8 Å². The SMILES string of the molecule is NS(=O)(=O)Nc1cccc(NC(=O)C2CC3CCC2N3)c1. The average Bonchev–Trinajstić information content (AvgIpc) is 2.99. The minimum absolute atomic E-state index is 0.0152. The van der Waals surface area contributed by atoms with Crippen molar-refractivity contribution in [2.45, 2.75) is 31.3 Å². The van der Waals surface area contributed by atoms with Crippen LogP contribution in [0.2, 0.25) is 0 Å². The molecule has 0 aromatic heterocycles. The van der Waals surface area contributed by atoms with Gasteiger partial charge in [0.05, 0.1) is 11.6 Å². The van der Waals surface area contributed by atoms with Crippen molar-refractivity contribution >= 4 is 27.5 Å². The number of nitrogens with two attached hydrogens (primary N) is 1. The monoisotopic (exact) mass is 310 g/mol. The molecule has 1 aromatic rings. The fourth-order valence-electron chi connectivity index (χ4n) is 3.17. The van der Waals surface area contributed by atoms with E-state index in [1.807, 2.05) is 0 Å². The largest absolute Gasteiger partial charge is 0.326 e. The van der Waals surface area contributed by atoms with E-state index >= 15 is 0 Å². The Hall–Kier alpha value is -1.64. The summed E-state index contributed by atoms with van der Waals surface area (Å²) in [4.78, 5) is 12.3. The molecule has 3 atom stereocenters. The van der Waals surface area contributed by atoms with Crippen molar-refractivity contribution in [3.63, 3.8) is 0 Å². The number of carbonyl (C=O) groups is 1. The molecule has 0 spiro atoms. The van der Waals surface area contributed by atoms with E-state index < -0.39 is 10.2 Å². The maximum Gasteiger partial charge on any atom is 0.296 e. The number of carbonyl (C=O) groups excluding carboxylic acids is 1. The molecule has 2 aliphatic rings. The Morgan fingerprint density at radius 1 is 1.29 bits per heavy atom. The molecule has 3 unspecified atom stereocenters. The van der Waals surface area contributed by atoms with Gasteiger partial charge in [-0.1, -0.05) is 6.07 Å². The highest BCUT2D eigenvalue weighted by molar-refractivity contribution is 7.90. The average molecular weight is 310 g/mol. The molecule has 2 fully saturated rings. The second-order valence-electron chi connectivity index (χ2n) is 5.61. The molecule has 2 bridgehead atoms. The third kappa shape index (κ3) is 3.34. The van der Waals surface area contributed by atoms with E-state index in [0.29, 0.717) is 17.4 Å². The summed E-state index contributed by atoms with van der Waals surface area (Å²) in [7, 11) is -3.82. The maximum absolute atomic E-state index is 12.3. The fourth-order valence-corrected chi connectivity index (χ4v) is 3.63. The second kappa shape index (κ2) is 5.28. The van der Waals surface area contributed by atoms with Crippen LogP contribution in [0.4, 0.5) is 11.4 Å². The van der Waals surface area contributed by atoms with Crippen LogP contribution in [-0.2, 0) is 15.0 Å². The third-order valence-corrected chi connectivity index (χ3v) is 4.55. The lowest BCUT2D eigenvalue weighted by molar-refractivity contribution is -0.120. The summed E-state index contributed by atoms with van der Waals surface area (Å²) in [6.07, 6.45) is 3.05. The lowest BCUT2D eigenvalue weighted by Gasteiger charge is -2.19. The zero-order valence-electron chi connectivity index (χ0n) is 11.4. The molecule has 7 nitrogen and oxygen atoms in total. The summed E-state index contributed by atoms with van der Waals surface area (Å²) in [5, 5.41) is 11.2. The Balaban J connectivity index is 1.67. The number of anilines is 2. The van der Waals surface area contributed by atoms with Crippen molar-refractivity contribution in [2.24, 2.45) is 11.1 Å². The molecule has 21 heavy (non-hydrogen) atoms. The van der Waals surface area contributed by atoms with Crippen LogP contribution in [0, 0.1) is 5.92 Å². The van der Waals surface area contributed by atoms with Crippen LogP contribution in [0.15, 0.2) is 24.3 Å². The minimum Gasteiger partial charge on any atom is -0.326 e. The quantitative estimate of drug-likeness (QED) is 0.644. The predicted octanol–water partition coefficient (Wildman–Crippen LogP) is 0.381. The molecule has 0 radical (unpaired) electrons. The summed E-state index contributed by atoms with van der Waals surface area (Å²) < 4.78 is 24.2.